The summed E-state index contributed by atoms with van der Waals surface area (Å²) in [4.78, 5) is 19.7. The van der Waals surface area contributed by atoms with Crippen molar-refractivity contribution in [2.45, 2.75) is 32.5 Å². The van der Waals surface area contributed by atoms with Gasteiger partial charge in [0.2, 0.25) is 5.91 Å². The molecule has 7 heteroatoms. The molecule has 2 aromatic carbocycles. The largest absolute Gasteiger partial charge is 0.352 e. The molecule has 1 fully saturated rings. The molecule has 1 aliphatic rings. The number of anilines is 1. The molecule has 0 unspecified atom stereocenters. The molecule has 0 bridgehead atoms. The van der Waals surface area contributed by atoms with Crippen LogP contribution in [0.4, 0.5) is 5.69 Å². The Morgan fingerprint density at radius 2 is 1.69 bits per heavy atom. The monoisotopic (exact) mass is 495 g/mol. The first-order valence-electron chi connectivity index (χ1n) is 12.0. The molecule has 1 aliphatic heterocycles. The van der Waals surface area contributed by atoms with E-state index in [0.717, 1.165) is 34.9 Å². The summed E-state index contributed by atoms with van der Waals surface area (Å²) in [5.41, 5.74) is 6.35. The van der Waals surface area contributed by atoms with E-state index < -0.39 is 0 Å². The van der Waals surface area contributed by atoms with Crippen LogP contribution in [0.25, 0.3) is 0 Å². The fourth-order valence-electron chi connectivity index (χ4n) is 4.93. The van der Waals surface area contributed by atoms with Gasteiger partial charge in [-0.2, -0.15) is 0 Å². The highest BCUT2D eigenvalue weighted by Gasteiger charge is 2.42. The van der Waals surface area contributed by atoms with Gasteiger partial charge in [-0.1, -0.05) is 54.6 Å². The molecule has 2 aromatic heterocycles. The summed E-state index contributed by atoms with van der Waals surface area (Å²) in [6.45, 7) is 5.19. The first-order valence-corrected chi connectivity index (χ1v) is 12.5. The predicted molar refractivity (Wildman–Crippen MR) is 147 cm³/mol. The number of carbonyl (C=O) groups excluding carboxylic acids is 1. The van der Waals surface area contributed by atoms with Crippen LogP contribution in [-0.4, -0.2) is 32.0 Å². The van der Waals surface area contributed by atoms with Crippen molar-refractivity contribution in [1.29, 1.82) is 0 Å². The van der Waals surface area contributed by atoms with Crippen LogP contribution in [-0.2, 0) is 11.3 Å². The topological polar surface area (TPSA) is 62.2 Å². The van der Waals surface area contributed by atoms with E-state index in [4.69, 9.17) is 12.2 Å². The minimum Gasteiger partial charge on any atom is -0.352 e. The van der Waals surface area contributed by atoms with E-state index in [0.29, 0.717) is 5.11 Å². The van der Waals surface area contributed by atoms with Crippen molar-refractivity contribution < 1.29 is 4.79 Å². The summed E-state index contributed by atoms with van der Waals surface area (Å²) in [6.07, 6.45) is 1.79. The Hall–Kier alpha value is -3.97. The molecular formula is C29H29N5OS. The van der Waals surface area contributed by atoms with Crippen LogP contribution in [0.5, 0.6) is 0 Å². The quantitative estimate of drug-likeness (QED) is 0.347. The summed E-state index contributed by atoms with van der Waals surface area (Å²) in [7, 11) is 0. The van der Waals surface area contributed by atoms with Gasteiger partial charge in [-0.05, 0) is 67.5 Å². The molecule has 6 nitrogen and oxygen atoms in total. The van der Waals surface area contributed by atoms with Crippen molar-refractivity contribution in [3.8, 4) is 0 Å². The van der Waals surface area contributed by atoms with Crippen molar-refractivity contribution in [1.82, 2.24) is 19.8 Å². The Morgan fingerprint density at radius 1 is 1.00 bits per heavy atom. The van der Waals surface area contributed by atoms with Gasteiger partial charge in [-0.25, -0.2) is 0 Å². The van der Waals surface area contributed by atoms with Gasteiger partial charge in [-0.3, -0.25) is 9.78 Å². The highest BCUT2D eigenvalue weighted by Crippen LogP contribution is 2.40. The van der Waals surface area contributed by atoms with Gasteiger partial charge < -0.3 is 20.1 Å². The molecule has 3 heterocycles. The van der Waals surface area contributed by atoms with Crippen molar-refractivity contribution in [3.63, 3.8) is 0 Å². The molecule has 182 valence electrons. The average molecular weight is 496 g/mol. The summed E-state index contributed by atoms with van der Waals surface area (Å²) in [6, 6.07) is 27.7. The Morgan fingerprint density at radius 3 is 2.39 bits per heavy atom. The number of nitrogens with one attached hydrogen (secondary N) is 2. The third-order valence-corrected chi connectivity index (χ3v) is 7.04. The molecule has 0 saturated carbocycles. The number of pyridine rings is 1. The highest BCUT2D eigenvalue weighted by molar-refractivity contribution is 7.80. The molecule has 0 spiro atoms. The second-order valence-corrected chi connectivity index (χ2v) is 9.45. The number of aryl methyl sites for hydroxylation is 1. The number of benzene rings is 2. The van der Waals surface area contributed by atoms with Crippen LogP contribution in [0.15, 0.2) is 91.1 Å². The maximum absolute atomic E-state index is 13.1. The number of nitrogens with zero attached hydrogens (tertiary/aromatic N) is 3. The number of carbonyl (C=O) groups is 1. The van der Waals surface area contributed by atoms with Gasteiger partial charge in [0, 0.05) is 29.8 Å². The predicted octanol–water partition coefficient (Wildman–Crippen LogP) is 5.16. The Kier molecular flexibility index (Phi) is 6.82. The van der Waals surface area contributed by atoms with Gasteiger partial charge in [0.25, 0.3) is 0 Å². The second kappa shape index (κ2) is 10.3. The smallest absolute Gasteiger partial charge is 0.244 e. The van der Waals surface area contributed by atoms with Crippen molar-refractivity contribution in [2.24, 2.45) is 0 Å². The van der Waals surface area contributed by atoms with Gasteiger partial charge in [-0.15, -0.1) is 0 Å². The number of rotatable bonds is 7. The molecule has 5 rings (SSSR count). The van der Waals surface area contributed by atoms with E-state index >= 15 is 0 Å². The average Bonchev–Trinajstić information content (AvgIpc) is 3.36. The van der Waals surface area contributed by atoms with Gasteiger partial charge in [0.05, 0.1) is 17.8 Å². The number of hydrogen-bond donors (Lipinski definition) is 2. The lowest BCUT2D eigenvalue weighted by atomic mass is 9.96. The van der Waals surface area contributed by atoms with E-state index in [9.17, 15) is 4.79 Å². The molecule has 1 saturated heterocycles. The molecule has 0 aliphatic carbocycles. The maximum Gasteiger partial charge on any atom is 0.244 e. The van der Waals surface area contributed by atoms with Crippen molar-refractivity contribution in [2.75, 3.05) is 11.9 Å². The molecule has 0 radical (unpaired) electrons. The summed E-state index contributed by atoms with van der Waals surface area (Å²) in [5, 5.41) is 6.99. The molecule has 2 atom stereocenters. The van der Waals surface area contributed by atoms with Gasteiger partial charge in [0.1, 0.15) is 6.54 Å². The van der Waals surface area contributed by atoms with Crippen LogP contribution in [0.3, 0.4) is 0 Å². The van der Waals surface area contributed by atoms with Crippen LogP contribution in [0.2, 0.25) is 0 Å². The summed E-state index contributed by atoms with van der Waals surface area (Å²) >= 11 is 5.77. The zero-order valence-corrected chi connectivity index (χ0v) is 21.2. The SMILES string of the molecule is Cc1cc([C@@H]2[C@@H](c3ccccn3)NC(=S)N2CC(=O)Nc2ccccc2)c(C)n1Cc1ccccc1. The number of aromatic nitrogens is 2. The van der Waals surface area contributed by atoms with E-state index in [2.05, 4.69) is 64.4 Å². The lowest BCUT2D eigenvalue weighted by molar-refractivity contribution is -0.116. The first-order chi connectivity index (χ1) is 17.5. The van der Waals surface area contributed by atoms with Crippen LogP contribution < -0.4 is 10.6 Å². The zero-order valence-electron chi connectivity index (χ0n) is 20.4. The minimum absolute atomic E-state index is 0.116. The number of thiocarbonyl (C=S) groups is 1. The standard InChI is InChI=1S/C29H29N5OS/c1-20-17-24(21(2)33(20)18-22-11-5-3-6-12-22)28-27(25-15-9-10-16-30-25)32-29(36)34(28)19-26(35)31-23-13-7-4-8-14-23/h3-17,27-28H,18-19H2,1-2H3,(H,31,35)(H,32,36)/t27-,28-/m1/s1. The fourth-order valence-corrected chi connectivity index (χ4v) is 5.23. The van der Waals surface area contributed by atoms with Crippen LogP contribution in [0, 0.1) is 13.8 Å². The molecule has 4 aromatic rings. The fraction of sp³-hybridized carbons (Fsp3) is 0.207. The number of amides is 1. The summed E-state index contributed by atoms with van der Waals surface area (Å²) in [5.74, 6) is -0.116. The molecule has 1 amide bonds. The van der Waals surface area contributed by atoms with E-state index in [-0.39, 0.29) is 24.5 Å². The normalized spacial score (nSPS) is 17.2. The molecule has 36 heavy (non-hydrogen) atoms. The molecule has 2 N–H and O–H groups in total. The zero-order chi connectivity index (χ0) is 25.1. The van der Waals surface area contributed by atoms with E-state index in [1.54, 1.807) is 6.20 Å². The highest BCUT2D eigenvalue weighted by atomic mass is 32.1. The van der Waals surface area contributed by atoms with Crippen molar-refractivity contribution >= 4 is 28.9 Å². The number of hydrogen-bond acceptors (Lipinski definition) is 3. The van der Waals surface area contributed by atoms with E-state index in [1.165, 1.54) is 5.56 Å². The maximum atomic E-state index is 13.1. The van der Waals surface area contributed by atoms with Gasteiger partial charge in [0.15, 0.2) is 5.11 Å². The number of para-hydroxylation sites is 1. The lowest BCUT2D eigenvalue weighted by Gasteiger charge is -2.27. The van der Waals surface area contributed by atoms with Crippen LogP contribution >= 0.6 is 12.2 Å². The first kappa shape index (κ1) is 23.8. The van der Waals surface area contributed by atoms with Crippen molar-refractivity contribution in [3.05, 3.63) is 119 Å². The Bertz CT molecular complexity index is 1350. The Balaban J connectivity index is 1.49. The second-order valence-electron chi connectivity index (χ2n) is 9.07. The molecular weight excluding hydrogens is 466 g/mol. The lowest BCUT2D eigenvalue weighted by Crippen LogP contribution is -2.37. The third kappa shape index (κ3) is 4.88. The minimum atomic E-state index is -0.176. The third-order valence-electron chi connectivity index (χ3n) is 6.68. The van der Waals surface area contributed by atoms with Gasteiger partial charge >= 0.3 is 0 Å². The van der Waals surface area contributed by atoms with Crippen LogP contribution in [0.1, 0.15) is 40.3 Å². The Labute approximate surface area is 217 Å². The summed E-state index contributed by atoms with van der Waals surface area (Å²) < 4.78 is 2.32. The van der Waals surface area contributed by atoms with E-state index in [1.807, 2.05) is 59.5 Å².